The average molecular weight is 381 g/mol. The first-order valence-electron chi connectivity index (χ1n) is 6.85. The Balaban J connectivity index is 2.32. The molecule has 2 N–H and O–H groups in total. The summed E-state index contributed by atoms with van der Waals surface area (Å²) in [5.74, 6) is 0.869. The van der Waals surface area contributed by atoms with Gasteiger partial charge in [0.1, 0.15) is 11.9 Å². The van der Waals surface area contributed by atoms with Crippen molar-refractivity contribution in [1.29, 1.82) is 0 Å². The van der Waals surface area contributed by atoms with E-state index in [0.717, 1.165) is 15.7 Å². The Morgan fingerprint density at radius 3 is 2.55 bits per heavy atom. The van der Waals surface area contributed by atoms with Crippen molar-refractivity contribution in [1.82, 2.24) is 0 Å². The highest BCUT2D eigenvalue weighted by Crippen LogP contribution is 2.28. The molecule has 2 atom stereocenters. The first-order chi connectivity index (χ1) is 9.61. The molecule has 2 unspecified atom stereocenters. The normalized spacial score (nSPS) is 13.8. The van der Waals surface area contributed by atoms with Crippen LogP contribution in [0.1, 0.15) is 30.6 Å². The summed E-state index contributed by atoms with van der Waals surface area (Å²) >= 11 is 2.29. The summed E-state index contributed by atoms with van der Waals surface area (Å²) in [6.45, 7) is 4.19. The van der Waals surface area contributed by atoms with Gasteiger partial charge in [0.25, 0.3) is 0 Å². The summed E-state index contributed by atoms with van der Waals surface area (Å²) in [4.78, 5) is 0. The minimum Gasteiger partial charge on any atom is -0.484 e. The molecule has 0 aliphatic rings. The molecule has 0 aliphatic carbocycles. The third-order valence-corrected chi connectivity index (χ3v) is 4.09. The number of ether oxygens (including phenoxy) is 1. The quantitative estimate of drug-likeness (QED) is 0.777. The van der Waals surface area contributed by atoms with Crippen molar-refractivity contribution in [3.05, 3.63) is 63.2 Å². The molecule has 0 spiro atoms. The van der Waals surface area contributed by atoms with Gasteiger partial charge >= 0.3 is 0 Å². The summed E-state index contributed by atoms with van der Waals surface area (Å²) < 4.78 is 7.35. The van der Waals surface area contributed by atoms with Crippen molar-refractivity contribution in [2.45, 2.75) is 32.4 Å². The molecule has 106 valence electrons. The lowest BCUT2D eigenvalue weighted by molar-refractivity contribution is 0.170. The van der Waals surface area contributed by atoms with Gasteiger partial charge in [-0.05, 0) is 65.3 Å². The van der Waals surface area contributed by atoms with Crippen molar-refractivity contribution in [3.63, 3.8) is 0 Å². The van der Waals surface area contributed by atoms with E-state index in [1.165, 1.54) is 11.1 Å². The maximum Gasteiger partial charge on any atom is 0.139 e. The Labute approximate surface area is 134 Å². The average Bonchev–Trinajstić information content (AvgIpc) is 2.45. The van der Waals surface area contributed by atoms with Gasteiger partial charge in [0.2, 0.25) is 0 Å². The molecule has 2 rings (SSSR count). The third kappa shape index (κ3) is 3.73. The second-order valence-corrected chi connectivity index (χ2v) is 6.17. The van der Waals surface area contributed by atoms with Gasteiger partial charge < -0.3 is 10.5 Å². The number of benzene rings is 2. The van der Waals surface area contributed by atoms with Crippen LogP contribution in [0.5, 0.6) is 5.75 Å². The molecule has 0 aromatic heterocycles. The molecule has 20 heavy (non-hydrogen) atoms. The van der Waals surface area contributed by atoms with Crippen LogP contribution in [0.3, 0.4) is 0 Å². The SMILES string of the molecule is CCC(N)C(Oc1cccc(I)c1)c1ccccc1C. The minimum atomic E-state index is -0.112. The van der Waals surface area contributed by atoms with Crippen LogP contribution in [0.25, 0.3) is 0 Å². The van der Waals surface area contributed by atoms with Crippen LogP contribution in [0.2, 0.25) is 0 Å². The first kappa shape index (κ1) is 15.3. The number of hydrogen-bond donors (Lipinski definition) is 1. The molecule has 2 aromatic rings. The van der Waals surface area contributed by atoms with E-state index >= 15 is 0 Å². The fraction of sp³-hybridized carbons (Fsp3) is 0.294. The zero-order valence-electron chi connectivity index (χ0n) is 11.8. The van der Waals surface area contributed by atoms with E-state index in [2.05, 4.69) is 54.6 Å². The molecule has 0 aliphatic heterocycles. The van der Waals surface area contributed by atoms with Crippen LogP contribution < -0.4 is 10.5 Å². The van der Waals surface area contributed by atoms with Crippen LogP contribution in [0, 0.1) is 10.5 Å². The summed E-state index contributed by atoms with van der Waals surface area (Å²) in [6.07, 6.45) is 0.766. The van der Waals surface area contributed by atoms with Crippen molar-refractivity contribution in [2.24, 2.45) is 5.73 Å². The van der Waals surface area contributed by atoms with Gasteiger partial charge in [-0.2, -0.15) is 0 Å². The highest BCUT2D eigenvalue weighted by molar-refractivity contribution is 14.1. The third-order valence-electron chi connectivity index (χ3n) is 3.41. The molecular formula is C17H20INO. The van der Waals surface area contributed by atoms with E-state index in [-0.39, 0.29) is 12.1 Å². The Kier molecular flexibility index (Phi) is 5.43. The van der Waals surface area contributed by atoms with E-state index in [1.807, 2.05) is 30.3 Å². The van der Waals surface area contributed by atoms with Gasteiger partial charge in [0, 0.05) is 9.61 Å². The number of rotatable bonds is 5. The van der Waals surface area contributed by atoms with E-state index in [0.29, 0.717) is 0 Å². The maximum absolute atomic E-state index is 6.28. The van der Waals surface area contributed by atoms with Crippen LogP contribution in [-0.4, -0.2) is 6.04 Å². The molecule has 2 aromatic carbocycles. The summed E-state index contributed by atoms with van der Waals surface area (Å²) in [5, 5.41) is 0. The van der Waals surface area contributed by atoms with Crippen LogP contribution in [0.15, 0.2) is 48.5 Å². The van der Waals surface area contributed by atoms with E-state index in [4.69, 9.17) is 10.5 Å². The van der Waals surface area contributed by atoms with Crippen LogP contribution in [0.4, 0.5) is 0 Å². The molecule has 0 saturated heterocycles. The molecule has 0 amide bonds. The number of aryl methyl sites for hydroxylation is 1. The number of halogens is 1. The minimum absolute atomic E-state index is 0.0195. The molecule has 0 fully saturated rings. The van der Waals surface area contributed by atoms with Gasteiger partial charge in [0.15, 0.2) is 0 Å². The second kappa shape index (κ2) is 7.09. The smallest absolute Gasteiger partial charge is 0.139 e. The van der Waals surface area contributed by atoms with Crippen molar-refractivity contribution in [3.8, 4) is 5.75 Å². The Morgan fingerprint density at radius 2 is 1.90 bits per heavy atom. The van der Waals surface area contributed by atoms with Crippen molar-refractivity contribution < 1.29 is 4.74 Å². The topological polar surface area (TPSA) is 35.2 Å². The lowest BCUT2D eigenvalue weighted by Gasteiger charge is -2.26. The maximum atomic E-state index is 6.28. The second-order valence-electron chi connectivity index (χ2n) is 4.92. The molecule has 0 bridgehead atoms. The summed E-state index contributed by atoms with van der Waals surface area (Å²) in [5.41, 5.74) is 8.66. The fourth-order valence-electron chi connectivity index (χ4n) is 2.19. The number of hydrogen-bond acceptors (Lipinski definition) is 2. The van der Waals surface area contributed by atoms with E-state index in [1.54, 1.807) is 0 Å². The van der Waals surface area contributed by atoms with Gasteiger partial charge in [-0.1, -0.05) is 37.3 Å². The standard InChI is InChI=1S/C17H20INO/c1-3-16(19)17(15-10-5-4-7-12(15)2)20-14-9-6-8-13(18)11-14/h4-11,16-17H,3,19H2,1-2H3. The Bertz CT molecular complexity index is 570. The van der Waals surface area contributed by atoms with Gasteiger partial charge in [-0.25, -0.2) is 0 Å². The molecule has 0 heterocycles. The van der Waals surface area contributed by atoms with Gasteiger partial charge in [-0.15, -0.1) is 0 Å². The molecular weight excluding hydrogens is 361 g/mol. The first-order valence-corrected chi connectivity index (χ1v) is 7.93. The van der Waals surface area contributed by atoms with Crippen molar-refractivity contribution >= 4 is 22.6 Å². The zero-order chi connectivity index (χ0) is 14.5. The predicted molar refractivity (Wildman–Crippen MR) is 92.0 cm³/mol. The lowest BCUT2D eigenvalue weighted by Crippen LogP contribution is -2.32. The zero-order valence-corrected chi connectivity index (χ0v) is 14.0. The summed E-state index contributed by atoms with van der Waals surface area (Å²) in [7, 11) is 0. The van der Waals surface area contributed by atoms with Gasteiger partial charge in [0.05, 0.1) is 0 Å². The highest BCUT2D eigenvalue weighted by Gasteiger charge is 2.22. The lowest BCUT2D eigenvalue weighted by atomic mass is 9.97. The summed E-state index contributed by atoms with van der Waals surface area (Å²) in [6, 6.07) is 16.3. The fourth-order valence-corrected chi connectivity index (χ4v) is 2.70. The van der Waals surface area contributed by atoms with E-state index < -0.39 is 0 Å². The predicted octanol–water partition coefficient (Wildman–Crippen LogP) is 4.46. The Morgan fingerprint density at radius 1 is 1.15 bits per heavy atom. The highest BCUT2D eigenvalue weighted by atomic mass is 127. The van der Waals surface area contributed by atoms with Gasteiger partial charge in [-0.3, -0.25) is 0 Å². The van der Waals surface area contributed by atoms with Crippen molar-refractivity contribution in [2.75, 3.05) is 0 Å². The molecule has 3 heteroatoms. The van der Waals surface area contributed by atoms with E-state index in [9.17, 15) is 0 Å². The molecule has 0 saturated carbocycles. The largest absolute Gasteiger partial charge is 0.484 e. The monoisotopic (exact) mass is 381 g/mol. The molecule has 0 radical (unpaired) electrons. The Hall–Kier alpha value is -1.07. The van der Waals surface area contributed by atoms with Crippen LogP contribution >= 0.6 is 22.6 Å². The molecule has 2 nitrogen and oxygen atoms in total. The van der Waals surface area contributed by atoms with Crippen LogP contribution in [-0.2, 0) is 0 Å². The number of nitrogens with two attached hydrogens (primary N) is 1.